The van der Waals surface area contributed by atoms with Crippen molar-refractivity contribution in [2.75, 3.05) is 0 Å². The molecule has 0 fully saturated rings. The summed E-state index contributed by atoms with van der Waals surface area (Å²) in [6.07, 6.45) is 15.3. The van der Waals surface area contributed by atoms with Crippen molar-refractivity contribution in [3.05, 3.63) is 368 Å². The third kappa shape index (κ3) is 19.6. The normalized spacial score (nSPS) is 12.1. The quantitative estimate of drug-likeness (QED) is 0.0565. The van der Waals surface area contributed by atoms with Crippen LogP contribution in [0, 0.1) is 34.6 Å². The maximum absolute atomic E-state index is 6.46. The highest BCUT2D eigenvalue weighted by Gasteiger charge is 2.44. The zero-order valence-electron chi connectivity index (χ0n) is 90.1. The monoisotopic (exact) mass is 1860 g/mol. The number of fused-ring (bicyclic) bond motifs is 1. The molecule has 0 saturated heterocycles. The van der Waals surface area contributed by atoms with E-state index in [4.69, 9.17) is 9.72 Å². The minimum Gasteiger partial charge on any atom is -0.420 e. The van der Waals surface area contributed by atoms with Gasteiger partial charge in [-0.05, 0) is 199 Å². The molecule has 0 atom stereocenters. The van der Waals surface area contributed by atoms with E-state index in [0.717, 1.165) is 46.1 Å². The van der Waals surface area contributed by atoms with Gasteiger partial charge in [0.1, 0.15) is 58.5 Å². The van der Waals surface area contributed by atoms with Crippen molar-refractivity contribution in [1.82, 2.24) is 46.7 Å². The van der Waals surface area contributed by atoms with Gasteiger partial charge in [-0.15, -0.1) is 0 Å². The Kier molecular flexibility index (Phi) is 30.1. The first-order valence-corrected chi connectivity index (χ1v) is 50.4. The second-order valence-electron chi connectivity index (χ2n) is 42.9. The van der Waals surface area contributed by atoms with Crippen molar-refractivity contribution in [3.8, 4) is 80.6 Å². The number of aromatic nitrogens is 14. The fourth-order valence-corrected chi connectivity index (χ4v) is 21.6. The highest BCUT2D eigenvalue weighted by atomic mass is 16.5. The first-order chi connectivity index (χ1) is 65.8. The minimum atomic E-state index is -0.185. The Balaban J connectivity index is 0.000000148. The van der Waals surface area contributed by atoms with Gasteiger partial charge in [-0.2, -0.15) is 27.9 Å². The molecule has 0 aliphatic rings. The van der Waals surface area contributed by atoms with Crippen LogP contribution in [-0.4, -0.2) is 46.7 Å². The van der Waals surface area contributed by atoms with Crippen molar-refractivity contribution in [1.29, 1.82) is 0 Å². The summed E-state index contributed by atoms with van der Waals surface area (Å²) < 4.78 is 34.1. The van der Waals surface area contributed by atoms with Crippen LogP contribution in [0.25, 0.3) is 79.9 Å². The average Bonchev–Trinajstić information content (AvgIpc) is 1.57. The predicted molar refractivity (Wildman–Crippen MR) is 577 cm³/mol. The fraction of sp³-hybridized carbons (Fsp3) is 0.371. The molecule has 9 aromatic carbocycles. The molecule has 17 rings (SSSR count). The molecular weight excluding hydrogens is 1700 g/mol. The summed E-state index contributed by atoms with van der Waals surface area (Å²) in [5.74, 6) is 10.4. The van der Waals surface area contributed by atoms with Gasteiger partial charge in [0.25, 0.3) is 0 Å². The van der Waals surface area contributed by atoms with Crippen LogP contribution in [-0.2, 0) is 72.6 Å². The highest BCUT2D eigenvalue weighted by Crippen LogP contribution is 2.44. The number of para-hydroxylation sites is 6. The van der Waals surface area contributed by atoms with Crippen molar-refractivity contribution in [2.45, 2.75) is 251 Å². The number of rotatable bonds is 24. The van der Waals surface area contributed by atoms with Gasteiger partial charge in [-0.1, -0.05) is 293 Å². The topological polar surface area (TPSA) is 90.0 Å². The molecule has 0 N–H and O–H groups in total. The fourth-order valence-electron chi connectivity index (χ4n) is 21.6. The average molecular weight is 1860 g/mol. The zero-order valence-corrected chi connectivity index (χ0v) is 90.1. The largest absolute Gasteiger partial charge is 0.420 e. The van der Waals surface area contributed by atoms with Gasteiger partial charge in [-0.25, -0.2) is 18.7 Å². The lowest BCUT2D eigenvalue weighted by Gasteiger charge is -2.24. The molecule has 15 heteroatoms. The summed E-state index contributed by atoms with van der Waals surface area (Å²) in [4.78, 5) is 4.79. The summed E-state index contributed by atoms with van der Waals surface area (Å²) >= 11 is 0. The Morgan fingerprint density at radius 3 is 1.04 bits per heavy atom. The van der Waals surface area contributed by atoms with Crippen molar-refractivity contribution >= 4 is 10.9 Å². The molecule has 8 heterocycles. The summed E-state index contributed by atoms with van der Waals surface area (Å²) in [7, 11) is 17.1. The first kappa shape index (κ1) is 102. The van der Waals surface area contributed by atoms with Crippen LogP contribution >= 0.6 is 0 Å². The van der Waals surface area contributed by atoms with Crippen LogP contribution in [0.2, 0.25) is 0 Å². The van der Waals surface area contributed by atoms with Gasteiger partial charge in [0.2, 0.25) is 5.82 Å². The second-order valence-corrected chi connectivity index (χ2v) is 42.9. The van der Waals surface area contributed by atoms with E-state index >= 15 is 0 Å². The Bertz CT molecular complexity index is 6950. The number of aryl methyl sites for hydroxylation is 9. The van der Waals surface area contributed by atoms with Gasteiger partial charge in [0.15, 0.2) is 29.0 Å². The predicted octanol–water partition coefficient (Wildman–Crippen LogP) is 28.5. The maximum Gasteiger partial charge on any atom is 0.330 e. The van der Waals surface area contributed by atoms with Crippen molar-refractivity contribution in [2.24, 2.45) is 56.4 Å². The summed E-state index contributed by atoms with van der Waals surface area (Å²) in [5, 5.41) is 5.90. The molecule has 0 aliphatic carbocycles. The van der Waals surface area contributed by atoms with Crippen LogP contribution in [0.4, 0.5) is 0 Å². The number of ether oxygens (including phenoxy) is 1. The molecule has 0 spiro atoms. The van der Waals surface area contributed by atoms with E-state index in [1.54, 1.807) is 0 Å². The van der Waals surface area contributed by atoms with E-state index in [9.17, 15) is 0 Å². The van der Waals surface area contributed by atoms with Gasteiger partial charge in [0, 0.05) is 102 Å². The second kappa shape index (κ2) is 41.1. The standard InChI is InChI=1S/C35H42N3.C31H40N3.C30H39N4.C28H35N4O/c1-23(2)27-17-14-18-28(24(3)4)33(27)38-22-32(35(6,7)29-19-12-10-15-25(29)5)37(9)34(38)31-21-26-16-11-13-20-30(26)36(31)8;1-21(2)24-15-12-16-25(22(3)4)29(24)34-20-28(31(6,7)26-17-11-10-14-23(26)5)33(9)30(34)27-18-13-19-32(27)8;1-20(2)23-14-12-15-24(21(3)4)27(23)34-19-26(30(6,7)25-16-11-10-13-22(25)5)33(9)29(34)28-31-17-18-32(28)8;1-18(2)22-13-11-14-23(19(3)4)27(22)32-17-26(33-25-15-10-9-12-20(25)5)30(7)28(32)24-16-21(6)29-31(24)8/h10-24H,1-9H3;10-22H,1-9H3;10-21H,1-9H3;9-19H,1-8H3/q4*+1. The minimum absolute atomic E-state index is 0.157. The molecule has 139 heavy (non-hydrogen) atoms. The lowest BCUT2D eigenvalue weighted by molar-refractivity contribution is -0.664. The zero-order chi connectivity index (χ0) is 101. The first-order valence-electron chi connectivity index (χ1n) is 50.4. The van der Waals surface area contributed by atoms with Crippen molar-refractivity contribution < 1.29 is 23.0 Å². The van der Waals surface area contributed by atoms with E-state index in [-0.39, 0.29) is 16.2 Å². The van der Waals surface area contributed by atoms with E-state index in [2.05, 4.69) is 516 Å². The maximum atomic E-state index is 6.46. The summed E-state index contributed by atoms with van der Waals surface area (Å²) in [6.45, 7) is 61.4. The third-order valence-electron chi connectivity index (χ3n) is 29.2. The molecule has 17 aromatic rings. The number of benzene rings is 9. The molecule has 15 nitrogen and oxygen atoms in total. The number of hydrogen-bond acceptors (Lipinski definition) is 3. The van der Waals surface area contributed by atoms with Crippen LogP contribution in [0.15, 0.2) is 262 Å². The molecule has 8 aromatic heterocycles. The van der Waals surface area contributed by atoms with Crippen LogP contribution in [0.5, 0.6) is 11.6 Å². The Hall–Kier alpha value is -13.1. The summed E-state index contributed by atoms with van der Waals surface area (Å²) in [6, 6.07) is 79.1. The van der Waals surface area contributed by atoms with E-state index in [1.807, 2.05) is 49.2 Å². The van der Waals surface area contributed by atoms with Crippen molar-refractivity contribution in [3.63, 3.8) is 0 Å². The SMILES string of the molecule is Cc1cc(-c2n(-c3c(C(C)C)cccc3C(C)C)cc(Oc3ccccc3C)[n+]2C)n(C)n1.Cc1ccccc1C(C)(C)c1c[n+](-c2c(C(C)C)cccc2C(C)C)c(-c2cc3ccccc3n2C)n1C.Cc1ccccc1C(C)(C)c1c[n+](-c2c(C(C)C)cccc2C(C)C)c(-c2cccn2C)n1C.Cc1ccccc1C(C)(C)c1c[n+](-c2c(C(C)C)cccc2C(C)C)c(-c2nccn2C)n1C. The third-order valence-corrected chi connectivity index (χ3v) is 29.2. The molecule has 0 bridgehead atoms. The molecule has 0 amide bonds. The number of imidazole rings is 5. The van der Waals surface area contributed by atoms with Gasteiger partial charge in [0.05, 0.1) is 50.1 Å². The van der Waals surface area contributed by atoms with Gasteiger partial charge in [-0.3, -0.25) is 4.68 Å². The van der Waals surface area contributed by atoms with Crippen LogP contribution in [0.3, 0.4) is 0 Å². The lowest BCUT2D eigenvalue weighted by Crippen LogP contribution is -2.36. The molecule has 0 saturated carbocycles. The van der Waals surface area contributed by atoms with Gasteiger partial charge < -0.3 is 18.4 Å². The van der Waals surface area contributed by atoms with E-state index in [0.29, 0.717) is 47.3 Å². The Morgan fingerprint density at radius 1 is 0.331 bits per heavy atom. The number of nitrogens with zero attached hydrogens (tertiary/aromatic N) is 14. The summed E-state index contributed by atoms with van der Waals surface area (Å²) in [5.41, 5.74) is 34.2. The molecule has 0 radical (unpaired) electrons. The van der Waals surface area contributed by atoms with Crippen LogP contribution < -0.4 is 23.0 Å². The smallest absolute Gasteiger partial charge is 0.330 e. The Labute approximate surface area is 830 Å². The molecule has 724 valence electrons. The van der Waals surface area contributed by atoms with Gasteiger partial charge >= 0.3 is 29.2 Å². The van der Waals surface area contributed by atoms with Crippen LogP contribution in [0.1, 0.15) is 306 Å². The highest BCUT2D eigenvalue weighted by molar-refractivity contribution is 5.86. The molecule has 0 aliphatic heterocycles. The number of hydrogen-bond donors (Lipinski definition) is 0. The van der Waals surface area contributed by atoms with E-state index < -0.39 is 0 Å². The van der Waals surface area contributed by atoms with E-state index in [1.165, 1.54) is 152 Å². The molecular formula is C124H156N14O+4. The Morgan fingerprint density at radius 2 is 0.691 bits per heavy atom. The molecule has 0 unspecified atom stereocenters. The lowest BCUT2D eigenvalue weighted by atomic mass is 9.79.